The second-order valence-electron chi connectivity index (χ2n) is 5.37. The van der Waals surface area contributed by atoms with Crippen LogP contribution in [0.25, 0.3) is 11.3 Å². The number of furan rings is 1. The fourth-order valence-corrected chi connectivity index (χ4v) is 3.10. The van der Waals surface area contributed by atoms with Gasteiger partial charge in [0.05, 0.1) is 11.9 Å². The SMILES string of the molecule is Cc1ccc(-c2ccc(C=Nc3cc(Cl)ccc3C)o2)c(Br)c1. The molecule has 0 fully saturated rings. The molecule has 0 atom stereocenters. The van der Waals surface area contributed by atoms with Crippen molar-refractivity contribution in [3.05, 3.63) is 74.9 Å². The summed E-state index contributed by atoms with van der Waals surface area (Å²) in [6, 6.07) is 15.7. The molecule has 0 aliphatic rings. The molecule has 4 heteroatoms. The van der Waals surface area contributed by atoms with E-state index in [0.29, 0.717) is 10.8 Å². The molecule has 2 nitrogen and oxygen atoms in total. The van der Waals surface area contributed by atoms with E-state index in [2.05, 4.69) is 40.0 Å². The number of benzene rings is 2. The Bertz CT molecular complexity index is 883. The van der Waals surface area contributed by atoms with Gasteiger partial charge in [0.15, 0.2) is 0 Å². The Labute approximate surface area is 149 Å². The molecule has 0 unspecified atom stereocenters. The molecule has 3 rings (SSSR count). The molecule has 0 aliphatic carbocycles. The van der Waals surface area contributed by atoms with E-state index in [9.17, 15) is 0 Å². The minimum absolute atomic E-state index is 0.673. The Morgan fingerprint density at radius 2 is 1.87 bits per heavy atom. The van der Waals surface area contributed by atoms with E-state index < -0.39 is 0 Å². The maximum Gasteiger partial charge on any atom is 0.145 e. The van der Waals surface area contributed by atoms with E-state index in [0.717, 1.165) is 27.0 Å². The van der Waals surface area contributed by atoms with Gasteiger partial charge in [-0.15, -0.1) is 0 Å². The summed E-state index contributed by atoms with van der Waals surface area (Å²) in [7, 11) is 0. The lowest BCUT2D eigenvalue weighted by atomic mass is 10.1. The van der Waals surface area contributed by atoms with Crippen molar-refractivity contribution in [1.82, 2.24) is 0 Å². The highest BCUT2D eigenvalue weighted by atomic mass is 79.9. The van der Waals surface area contributed by atoms with Gasteiger partial charge >= 0.3 is 0 Å². The lowest BCUT2D eigenvalue weighted by molar-refractivity contribution is 0.575. The minimum Gasteiger partial charge on any atom is -0.455 e. The Morgan fingerprint density at radius 1 is 1.04 bits per heavy atom. The van der Waals surface area contributed by atoms with E-state index in [1.54, 1.807) is 6.21 Å². The summed E-state index contributed by atoms with van der Waals surface area (Å²) < 4.78 is 6.88. The number of aryl methyl sites for hydroxylation is 2. The van der Waals surface area contributed by atoms with Gasteiger partial charge in [-0.3, -0.25) is 4.99 Å². The van der Waals surface area contributed by atoms with Crippen LogP contribution in [0.15, 0.2) is 62.4 Å². The summed E-state index contributed by atoms with van der Waals surface area (Å²) >= 11 is 9.59. The third-order valence-electron chi connectivity index (χ3n) is 3.52. The molecule has 23 heavy (non-hydrogen) atoms. The van der Waals surface area contributed by atoms with E-state index in [1.165, 1.54) is 5.56 Å². The topological polar surface area (TPSA) is 25.5 Å². The molecule has 3 aromatic rings. The van der Waals surface area contributed by atoms with Gasteiger partial charge in [-0.1, -0.05) is 39.7 Å². The van der Waals surface area contributed by atoms with E-state index >= 15 is 0 Å². The van der Waals surface area contributed by atoms with Gasteiger partial charge in [0.1, 0.15) is 11.5 Å². The summed E-state index contributed by atoms with van der Waals surface area (Å²) in [5.74, 6) is 1.51. The minimum atomic E-state index is 0.673. The average Bonchev–Trinajstić information content (AvgIpc) is 2.97. The molecular weight excluding hydrogens is 374 g/mol. The van der Waals surface area contributed by atoms with Gasteiger partial charge in [0.25, 0.3) is 0 Å². The maximum absolute atomic E-state index is 6.01. The smallest absolute Gasteiger partial charge is 0.145 e. The number of rotatable bonds is 3. The van der Waals surface area contributed by atoms with E-state index in [-0.39, 0.29) is 0 Å². The van der Waals surface area contributed by atoms with Crippen molar-refractivity contribution in [2.75, 3.05) is 0 Å². The highest BCUT2D eigenvalue weighted by molar-refractivity contribution is 9.10. The molecule has 0 radical (unpaired) electrons. The average molecular weight is 389 g/mol. The molecule has 0 bridgehead atoms. The standard InChI is InChI=1S/C19H15BrClNO/c1-12-3-7-16(17(20)9-12)19-8-6-15(23-19)11-22-18-10-14(21)5-4-13(18)2/h3-11H,1-2H3. The summed E-state index contributed by atoms with van der Waals surface area (Å²) in [6.07, 6.45) is 1.71. The molecule has 1 aromatic heterocycles. The molecule has 0 N–H and O–H groups in total. The molecule has 0 amide bonds. The fraction of sp³-hybridized carbons (Fsp3) is 0.105. The van der Waals surface area contributed by atoms with Crippen LogP contribution in [0.5, 0.6) is 0 Å². The molecule has 2 aromatic carbocycles. The van der Waals surface area contributed by atoms with Crippen molar-refractivity contribution in [3.63, 3.8) is 0 Å². The number of nitrogens with zero attached hydrogens (tertiary/aromatic N) is 1. The summed E-state index contributed by atoms with van der Waals surface area (Å²) in [5, 5.41) is 0.673. The quantitative estimate of drug-likeness (QED) is 0.457. The second kappa shape index (κ2) is 6.73. The van der Waals surface area contributed by atoms with Crippen molar-refractivity contribution in [3.8, 4) is 11.3 Å². The van der Waals surface area contributed by atoms with Crippen LogP contribution in [0.2, 0.25) is 5.02 Å². The van der Waals surface area contributed by atoms with Crippen molar-refractivity contribution < 1.29 is 4.42 Å². The molecule has 1 heterocycles. The van der Waals surface area contributed by atoms with Crippen LogP contribution in [0.1, 0.15) is 16.9 Å². The largest absolute Gasteiger partial charge is 0.455 e. The van der Waals surface area contributed by atoms with Gasteiger partial charge in [0, 0.05) is 15.1 Å². The predicted molar refractivity (Wildman–Crippen MR) is 100 cm³/mol. The van der Waals surface area contributed by atoms with Crippen molar-refractivity contribution >= 4 is 39.4 Å². The zero-order valence-corrected chi connectivity index (χ0v) is 15.1. The lowest BCUT2D eigenvalue weighted by Gasteiger charge is -2.02. The molecule has 0 saturated heterocycles. The van der Waals surface area contributed by atoms with Gasteiger partial charge in [0.2, 0.25) is 0 Å². The van der Waals surface area contributed by atoms with E-state index in [4.69, 9.17) is 16.0 Å². The highest BCUT2D eigenvalue weighted by Gasteiger charge is 2.08. The van der Waals surface area contributed by atoms with Crippen molar-refractivity contribution in [1.29, 1.82) is 0 Å². The summed E-state index contributed by atoms with van der Waals surface area (Å²) in [6.45, 7) is 4.06. The first-order valence-electron chi connectivity index (χ1n) is 7.19. The third kappa shape index (κ3) is 3.74. The molecule has 0 spiro atoms. The van der Waals surface area contributed by atoms with Crippen LogP contribution in [0, 0.1) is 13.8 Å². The third-order valence-corrected chi connectivity index (χ3v) is 4.41. The number of aliphatic imine (C=N–C) groups is 1. The molecule has 0 saturated carbocycles. The van der Waals surface area contributed by atoms with Crippen LogP contribution in [-0.4, -0.2) is 6.21 Å². The first kappa shape index (κ1) is 16.0. The Balaban J connectivity index is 1.87. The maximum atomic E-state index is 6.01. The highest BCUT2D eigenvalue weighted by Crippen LogP contribution is 2.30. The van der Waals surface area contributed by atoms with E-state index in [1.807, 2.05) is 43.3 Å². The fourth-order valence-electron chi connectivity index (χ4n) is 2.24. The van der Waals surface area contributed by atoms with Gasteiger partial charge < -0.3 is 4.42 Å². The van der Waals surface area contributed by atoms with Gasteiger partial charge in [-0.2, -0.15) is 0 Å². The van der Waals surface area contributed by atoms with Crippen LogP contribution in [0.4, 0.5) is 5.69 Å². The summed E-state index contributed by atoms with van der Waals surface area (Å²) in [5.41, 5.74) is 4.13. The zero-order valence-electron chi connectivity index (χ0n) is 12.8. The van der Waals surface area contributed by atoms with Crippen molar-refractivity contribution in [2.24, 2.45) is 4.99 Å². The monoisotopic (exact) mass is 387 g/mol. The summed E-state index contributed by atoms with van der Waals surface area (Å²) in [4.78, 5) is 4.47. The predicted octanol–water partition coefficient (Wildman–Crippen LogP) is 6.73. The molecule has 116 valence electrons. The molecule has 0 aliphatic heterocycles. The Morgan fingerprint density at radius 3 is 2.65 bits per heavy atom. The zero-order chi connectivity index (χ0) is 16.4. The van der Waals surface area contributed by atoms with Crippen LogP contribution in [-0.2, 0) is 0 Å². The van der Waals surface area contributed by atoms with Crippen LogP contribution < -0.4 is 0 Å². The normalized spacial score (nSPS) is 11.3. The number of halogens is 2. The lowest BCUT2D eigenvalue weighted by Crippen LogP contribution is -1.80. The Kier molecular flexibility index (Phi) is 4.69. The number of hydrogen-bond donors (Lipinski definition) is 0. The first-order valence-corrected chi connectivity index (χ1v) is 8.36. The van der Waals surface area contributed by atoms with Crippen molar-refractivity contribution in [2.45, 2.75) is 13.8 Å². The van der Waals surface area contributed by atoms with Gasteiger partial charge in [-0.25, -0.2) is 0 Å². The second-order valence-corrected chi connectivity index (χ2v) is 6.67. The van der Waals surface area contributed by atoms with Gasteiger partial charge in [-0.05, 0) is 61.4 Å². The molecular formula is C19H15BrClNO. The first-order chi connectivity index (χ1) is 11.0. The van der Waals surface area contributed by atoms with Crippen LogP contribution >= 0.6 is 27.5 Å². The van der Waals surface area contributed by atoms with Crippen LogP contribution in [0.3, 0.4) is 0 Å². The number of hydrogen-bond acceptors (Lipinski definition) is 2. The Hall–Kier alpha value is -1.84.